The van der Waals surface area contributed by atoms with Crippen LogP contribution in [0, 0.1) is 0 Å². The topological polar surface area (TPSA) is 23.5 Å². The van der Waals surface area contributed by atoms with Gasteiger partial charge in [0, 0.05) is 12.1 Å². The minimum absolute atomic E-state index is 0.410. The number of benzene rings is 1. The quantitative estimate of drug-likeness (QED) is 0.775. The molecule has 2 nitrogen and oxygen atoms in total. The van der Waals surface area contributed by atoms with Crippen molar-refractivity contribution in [1.29, 1.82) is 0 Å². The standard InChI is InChI=1S/C13H21NO/c1-3-5-10-14(4-2)11-12-8-6-7-9-13(12)15/h6-9,15H,3-5,10-11H2,1-2H3. The van der Waals surface area contributed by atoms with Crippen LogP contribution in [0.4, 0.5) is 0 Å². The molecule has 0 fully saturated rings. The Kier molecular flexibility index (Phi) is 5.19. The Bertz CT molecular complexity index is 286. The predicted molar refractivity (Wildman–Crippen MR) is 64.0 cm³/mol. The van der Waals surface area contributed by atoms with Crippen LogP contribution in [-0.4, -0.2) is 23.1 Å². The Labute approximate surface area is 92.5 Å². The summed E-state index contributed by atoms with van der Waals surface area (Å²) in [6, 6.07) is 7.58. The van der Waals surface area contributed by atoms with Gasteiger partial charge < -0.3 is 5.11 Å². The second-order valence-corrected chi connectivity index (χ2v) is 3.85. The van der Waals surface area contributed by atoms with Crippen molar-refractivity contribution >= 4 is 0 Å². The Morgan fingerprint density at radius 1 is 1.20 bits per heavy atom. The molecule has 0 heterocycles. The highest BCUT2D eigenvalue weighted by molar-refractivity contribution is 5.31. The lowest BCUT2D eigenvalue weighted by Gasteiger charge is -2.20. The zero-order valence-electron chi connectivity index (χ0n) is 9.74. The predicted octanol–water partition coefficient (Wildman–Crippen LogP) is 3.01. The maximum Gasteiger partial charge on any atom is 0.120 e. The van der Waals surface area contributed by atoms with Gasteiger partial charge in [0.25, 0.3) is 0 Å². The van der Waals surface area contributed by atoms with E-state index in [2.05, 4.69) is 18.7 Å². The second kappa shape index (κ2) is 6.46. The molecular weight excluding hydrogens is 186 g/mol. The maximum atomic E-state index is 9.65. The maximum absolute atomic E-state index is 9.65. The van der Waals surface area contributed by atoms with E-state index >= 15 is 0 Å². The first kappa shape index (κ1) is 12.1. The van der Waals surface area contributed by atoms with Gasteiger partial charge in [-0.1, -0.05) is 38.5 Å². The summed E-state index contributed by atoms with van der Waals surface area (Å²) in [6.45, 7) is 7.36. The molecule has 0 saturated carbocycles. The molecule has 0 spiro atoms. The minimum atomic E-state index is 0.410. The van der Waals surface area contributed by atoms with E-state index in [-0.39, 0.29) is 0 Å². The summed E-state index contributed by atoms with van der Waals surface area (Å²) in [6.07, 6.45) is 2.44. The van der Waals surface area contributed by atoms with Gasteiger partial charge >= 0.3 is 0 Å². The molecule has 15 heavy (non-hydrogen) atoms. The molecule has 1 aromatic carbocycles. The fourth-order valence-electron chi connectivity index (χ4n) is 1.62. The third-order valence-electron chi connectivity index (χ3n) is 2.66. The highest BCUT2D eigenvalue weighted by atomic mass is 16.3. The summed E-state index contributed by atoms with van der Waals surface area (Å²) in [5, 5.41) is 9.65. The van der Waals surface area contributed by atoms with Crippen molar-refractivity contribution in [1.82, 2.24) is 4.90 Å². The molecule has 0 aliphatic carbocycles. The smallest absolute Gasteiger partial charge is 0.120 e. The molecule has 0 unspecified atom stereocenters. The van der Waals surface area contributed by atoms with Gasteiger partial charge in [0.05, 0.1) is 0 Å². The van der Waals surface area contributed by atoms with Gasteiger partial charge in [-0.15, -0.1) is 0 Å². The fraction of sp³-hybridized carbons (Fsp3) is 0.538. The average Bonchev–Trinajstić information content (AvgIpc) is 2.26. The van der Waals surface area contributed by atoms with Gasteiger partial charge in [0.15, 0.2) is 0 Å². The Morgan fingerprint density at radius 2 is 1.93 bits per heavy atom. The zero-order chi connectivity index (χ0) is 11.1. The van der Waals surface area contributed by atoms with Gasteiger partial charge in [-0.3, -0.25) is 4.90 Å². The normalized spacial score (nSPS) is 10.9. The highest BCUT2D eigenvalue weighted by Crippen LogP contribution is 2.17. The second-order valence-electron chi connectivity index (χ2n) is 3.85. The Morgan fingerprint density at radius 3 is 2.53 bits per heavy atom. The van der Waals surface area contributed by atoms with Crippen LogP contribution in [0.1, 0.15) is 32.3 Å². The summed E-state index contributed by atoms with van der Waals surface area (Å²) in [7, 11) is 0. The van der Waals surface area contributed by atoms with Crippen molar-refractivity contribution in [2.24, 2.45) is 0 Å². The van der Waals surface area contributed by atoms with Crippen molar-refractivity contribution < 1.29 is 5.11 Å². The molecule has 0 atom stereocenters. The van der Waals surface area contributed by atoms with Crippen LogP contribution in [0.15, 0.2) is 24.3 Å². The third-order valence-corrected chi connectivity index (χ3v) is 2.66. The van der Waals surface area contributed by atoms with E-state index in [4.69, 9.17) is 0 Å². The number of unbranched alkanes of at least 4 members (excludes halogenated alkanes) is 1. The molecule has 84 valence electrons. The van der Waals surface area contributed by atoms with E-state index < -0.39 is 0 Å². The average molecular weight is 207 g/mol. The Hall–Kier alpha value is -1.02. The molecular formula is C13H21NO. The number of nitrogens with zero attached hydrogens (tertiary/aromatic N) is 1. The third kappa shape index (κ3) is 3.92. The number of phenols is 1. The molecule has 0 aliphatic rings. The van der Waals surface area contributed by atoms with E-state index in [1.807, 2.05) is 18.2 Å². The van der Waals surface area contributed by atoms with E-state index in [0.29, 0.717) is 5.75 Å². The monoisotopic (exact) mass is 207 g/mol. The fourth-order valence-corrected chi connectivity index (χ4v) is 1.62. The molecule has 0 aliphatic heterocycles. The molecule has 1 rings (SSSR count). The van der Waals surface area contributed by atoms with Crippen molar-refractivity contribution in [3.05, 3.63) is 29.8 Å². The first-order chi connectivity index (χ1) is 7.27. The molecule has 0 saturated heterocycles. The number of para-hydroxylation sites is 1. The molecule has 1 N–H and O–H groups in total. The van der Waals surface area contributed by atoms with Crippen LogP contribution in [0.2, 0.25) is 0 Å². The van der Waals surface area contributed by atoms with E-state index in [1.54, 1.807) is 6.07 Å². The number of hydrogen-bond acceptors (Lipinski definition) is 2. The summed E-state index contributed by atoms with van der Waals surface area (Å²) in [4.78, 5) is 2.36. The Balaban J connectivity index is 2.54. The summed E-state index contributed by atoms with van der Waals surface area (Å²) in [5.41, 5.74) is 1.02. The number of aromatic hydroxyl groups is 1. The molecule has 0 radical (unpaired) electrons. The lowest BCUT2D eigenvalue weighted by molar-refractivity contribution is 0.271. The van der Waals surface area contributed by atoms with Crippen LogP contribution in [0.5, 0.6) is 5.75 Å². The first-order valence-corrected chi connectivity index (χ1v) is 5.77. The number of rotatable bonds is 6. The van der Waals surface area contributed by atoms with Gasteiger partial charge in [-0.05, 0) is 25.6 Å². The lowest BCUT2D eigenvalue weighted by Crippen LogP contribution is -2.23. The van der Waals surface area contributed by atoms with Gasteiger partial charge in [0.1, 0.15) is 5.75 Å². The summed E-state index contributed by atoms with van der Waals surface area (Å²) in [5.74, 6) is 0.410. The van der Waals surface area contributed by atoms with Gasteiger partial charge in [-0.2, -0.15) is 0 Å². The van der Waals surface area contributed by atoms with E-state index in [9.17, 15) is 5.11 Å². The molecule has 0 amide bonds. The van der Waals surface area contributed by atoms with Crippen molar-refractivity contribution in [2.45, 2.75) is 33.2 Å². The molecule has 0 bridgehead atoms. The molecule has 0 aromatic heterocycles. The van der Waals surface area contributed by atoms with Crippen molar-refractivity contribution in [3.63, 3.8) is 0 Å². The molecule has 1 aromatic rings. The number of hydrogen-bond donors (Lipinski definition) is 1. The van der Waals surface area contributed by atoms with Crippen LogP contribution < -0.4 is 0 Å². The van der Waals surface area contributed by atoms with Crippen molar-refractivity contribution in [2.75, 3.05) is 13.1 Å². The minimum Gasteiger partial charge on any atom is -0.508 e. The first-order valence-electron chi connectivity index (χ1n) is 5.77. The van der Waals surface area contributed by atoms with E-state index in [0.717, 1.165) is 25.2 Å². The van der Waals surface area contributed by atoms with Crippen LogP contribution in [-0.2, 0) is 6.54 Å². The SMILES string of the molecule is CCCCN(CC)Cc1ccccc1O. The van der Waals surface area contributed by atoms with Crippen LogP contribution in [0.3, 0.4) is 0 Å². The van der Waals surface area contributed by atoms with Crippen LogP contribution >= 0.6 is 0 Å². The lowest BCUT2D eigenvalue weighted by atomic mass is 10.2. The largest absolute Gasteiger partial charge is 0.508 e. The molecule has 2 heteroatoms. The van der Waals surface area contributed by atoms with Crippen LogP contribution in [0.25, 0.3) is 0 Å². The zero-order valence-corrected chi connectivity index (χ0v) is 9.74. The highest BCUT2D eigenvalue weighted by Gasteiger charge is 2.05. The van der Waals surface area contributed by atoms with Gasteiger partial charge in [0.2, 0.25) is 0 Å². The van der Waals surface area contributed by atoms with Crippen molar-refractivity contribution in [3.8, 4) is 5.75 Å². The number of phenolic OH excluding ortho intramolecular Hbond substituents is 1. The summed E-state index contributed by atoms with van der Waals surface area (Å²) < 4.78 is 0. The van der Waals surface area contributed by atoms with Gasteiger partial charge in [-0.25, -0.2) is 0 Å². The van der Waals surface area contributed by atoms with E-state index in [1.165, 1.54) is 12.8 Å². The summed E-state index contributed by atoms with van der Waals surface area (Å²) >= 11 is 0.